The van der Waals surface area contributed by atoms with Crippen LogP contribution in [0.2, 0.25) is 0 Å². The second-order valence-electron chi connectivity index (χ2n) is 18.0. The molecule has 20 unspecified atom stereocenters. The molecule has 294 valence electrons. The fourth-order valence-electron chi connectivity index (χ4n) is 11.7. The Morgan fingerprint density at radius 2 is 1.56 bits per heavy atom. The highest BCUT2D eigenvalue weighted by Gasteiger charge is 2.68. The minimum Gasteiger partial charge on any atom is -0.393 e. The van der Waals surface area contributed by atoms with E-state index in [1.165, 1.54) is 0 Å². The Morgan fingerprint density at radius 3 is 2.38 bits per heavy atom. The van der Waals surface area contributed by atoms with Crippen molar-refractivity contribution in [1.82, 2.24) is 0 Å². The Balaban J connectivity index is 0.990. The lowest BCUT2D eigenvalue weighted by atomic mass is 9.78. The van der Waals surface area contributed by atoms with Gasteiger partial charge in [0, 0.05) is 45.3 Å². The first-order valence-electron chi connectivity index (χ1n) is 20.6. The molecule has 12 nitrogen and oxygen atoms in total. The van der Waals surface area contributed by atoms with Gasteiger partial charge in [-0.3, -0.25) is 0 Å². The first kappa shape index (κ1) is 36.9. The zero-order valence-corrected chi connectivity index (χ0v) is 31.3. The maximum Gasteiger partial charge on any atom is 0.172 e. The molecular formula is C40H63NO11. The molecule has 0 aromatic rings. The number of hydrogen-bond acceptors (Lipinski definition) is 12. The molecule has 10 fully saturated rings. The highest BCUT2D eigenvalue weighted by atomic mass is 16.8. The summed E-state index contributed by atoms with van der Waals surface area (Å²) in [6.45, 7) is 9.24. The molecule has 0 aromatic heterocycles. The van der Waals surface area contributed by atoms with Crippen molar-refractivity contribution < 1.29 is 52.8 Å². The Kier molecular flexibility index (Phi) is 10.4. The molecule has 0 aliphatic carbocycles. The summed E-state index contributed by atoms with van der Waals surface area (Å²) < 4.78 is 60.5. The average Bonchev–Trinajstić information content (AvgIpc) is 3.79. The fourth-order valence-corrected chi connectivity index (χ4v) is 11.7. The van der Waals surface area contributed by atoms with Gasteiger partial charge in [0.15, 0.2) is 5.79 Å². The predicted octanol–water partition coefficient (Wildman–Crippen LogP) is 3.31. The van der Waals surface area contributed by atoms with Crippen molar-refractivity contribution in [3.8, 4) is 0 Å². The zero-order valence-electron chi connectivity index (χ0n) is 31.3. The molecule has 10 aliphatic heterocycles. The highest BCUT2D eigenvalue weighted by Crippen LogP contribution is 2.54. The van der Waals surface area contributed by atoms with Crippen molar-refractivity contribution >= 4 is 0 Å². The second kappa shape index (κ2) is 14.6. The van der Waals surface area contributed by atoms with E-state index in [2.05, 4.69) is 20.4 Å². The van der Waals surface area contributed by atoms with Gasteiger partial charge in [-0.15, -0.1) is 0 Å². The lowest BCUT2D eigenvalue weighted by molar-refractivity contribution is -0.294. The van der Waals surface area contributed by atoms with E-state index in [0.29, 0.717) is 43.9 Å². The lowest BCUT2D eigenvalue weighted by Crippen LogP contribution is -2.61. The zero-order chi connectivity index (χ0) is 35.9. The van der Waals surface area contributed by atoms with Crippen molar-refractivity contribution in [2.75, 3.05) is 13.7 Å². The Hall–Kier alpha value is -0.740. The molecule has 4 N–H and O–H groups in total. The molecule has 10 heterocycles. The second-order valence-corrected chi connectivity index (χ2v) is 18.0. The summed E-state index contributed by atoms with van der Waals surface area (Å²) in [4.78, 5) is 0. The van der Waals surface area contributed by atoms with Crippen LogP contribution in [-0.4, -0.2) is 133 Å². The van der Waals surface area contributed by atoms with Crippen LogP contribution in [0.15, 0.2) is 12.2 Å². The molecule has 10 saturated heterocycles. The van der Waals surface area contributed by atoms with E-state index >= 15 is 0 Å². The summed E-state index contributed by atoms with van der Waals surface area (Å²) in [5.74, 6) is 0.00808. The topological polar surface area (TPSA) is 150 Å². The molecule has 21 atom stereocenters. The number of hydrogen-bond donors (Lipinski definition) is 3. The van der Waals surface area contributed by atoms with Crippen LogP contribution in [0.5, 0.6) is 0 Å². The molecule has 10 aliphatic rings. The monoisotopic (exact) mass is 733 g/mol. The molecule has 52 heavy (non-hydrogen) atoms. The average molecular weight is 734 g/mol. The molecule has 1 spiro atoms. The van der Waals surface area contributed by atoms with Gasteiger partial charge in [-0.1, -0.05) is 20.4 Å². The van der Waals surface area contributed by atoms with Gasteiger partial charge in [0.25, 0.3) is 0 Å². The minimum atomic E-state index is -0.754. The van der Waals surface area contributed by atoms with Gasteiger partial charge in [-0.2, -0.15) is 0 Å². The van der Waals surface area contributed by atoms with E-state index in [1.807, 2.05) is 0 Å². The van der Waals surface area contributed by atoms with E-state index in [4.69, 9.17) is 48.4 Å². The number of ether oxygens (including phenoxy) is 9. The fraction of sp³-hybridized carbons (Fsp3) is 0.950. The summed E-state index contributed by atoms with van der Waals surface area (Å²) in [7, 11) is 1.71. The van der Waals surface area contributed by atoms with Crippen LogP contribution in [0.25, 0.3) is 0 Å². The first-order valence-corrected chi connectivity index (χ1v) is 20.6. The van der Waals surface area contributed by atoms with Crippen LogP contribution in [0.4, 0.5) is 0 Å². The van der Waals surface area contributed by atoms with Crippen LogP contribution in [0.1, 0.15) is 97.3 Å². The van der Waals surface area contributed by atoms with Crippen LogP contribution < -0.4 is 5.73 Å². The van der Waals surface area contributed by atoms with Crippen molar-refractivity contribution in [2.45, 2.75) is 207 Å². The summed E-state index contributed by atoms with van der Waals surface area (Å²) in [6.07, 6.45) is 6.29. The lowest BCUT2D eigenvalue weighted by Gasteiger charge is -2.47. The van der Waals surface area contributed by atoms with Crippen LogP contribution in [-0.2, 0) is 42.6 Å². The largest absolute Gasteiger partial charge is 0.393 e. The predicted molar refractivity (Wildman–Crippen MR) is 187 cm³/mol. The summed E-state index contributed by atoms with van der Waals surface area (Å²) in [6, 6.07) is 0. The Bertz CT molecular complexity index is 1290. The van der Waals surface area contributed by atoms with Gasteiger partial charge >= 0.3 is 0 Å². The molecule has 10 rings (SSSR count). The third-order valence-corrected chi connectivity index (χ3v) is 14.6. The maximum absolute atomic E-state index is 11.8. The van der Waals surface area contributed by atoms with Gasteiger partial charge in [0.1, 0.15) is 30.5 Å². The molecule has 0 amide bonds. The van der Waals surface area contributed by atoms with E-state index in [-0.39, 0.29) is 104 Å². The Morgan fingerprint density at radius 1 is 0.788 bits per heavy atom. The first-order chi connectivity index (χ1) is 25.1. The van der Waals surface area contributed by atoms with Gasteiger partial charge in [-0.05, 0) is 75.2 Å². The summed E-state index contributed by atoms with van der Waals surface area (Å²) in [5, 5.41) is 22.4. The maximum atomic E-state index is 11.8. The SMILES string of the molecule is C=C1CC2CCC34C[C@H]5OC6C(O3)C3OC(CCC3OC6C5O4)CC(O)CC3C(CC4OC(CCC1O2)CC(C)C4C)OC(CC(O)CN)C3OC. The van der Waals surface area contributed by atoms with E-state index in [1.54, 1.807) is 7.11 Å². The van der Waals surface area contributed by atoms with Crippen molar-refractivity contribution in [2.24, 2.45) is 23.5 Å². The van der Waals surface area contributed by atoms with E-state index in [9.17, 15) is 10.2 Å². The Labute approximate surface area is 308 Å². The molecule has 0 saturated carbocycles. The third-order valence-electron chi connectivity index (χ3n) is 14.6. The number of methoxy groups -OCH3 is 1. The number of rotatable bonds is 4. The number of fused-ring (bicyclic) bond motifs is 6. The molecule has 0 radical (unpaired) electrons. The third kappa shape index (κ3) is 6.76. The molecule has 0 aromatic carbocycles. The van der Waals surface area contributed by atoms with Gasteiger partial charge < -0.3 is 58.6 Å². The number of nitrogens with two attached hydrogens (primary N) is 1. The molecule has 12 heteroatoms. The smallest absolute Gasteiger partial charge is 0.172 e. The van der Waals surface area contributed by atoms with Crippen molar-refractivity contribution in [3.63, 3.8) is 0 Å². The van der Waals surface area contributed by atoms with Gasteiger partial charge in [0.2, 0.25) is 0 Å². The van der Waals surface area contributed by atoms with Crippen molar-refractivity contribution in [1.29, 1.82) is 0 Å². The summed E-state index contributed by atoms with van der Waals surface area (Å²) >= 11 is 0. The van der Waals surface area contributed by atoms with Crippen LogP contribution >= 0.6 is 0 Å². The number of aliphatic hydroxyl groups excluding tert-OH is 2. The van der Waals surface area contributed by atoms with Gasteiger partial charge in [-0.25, -0.2) is 0 Å². The van der Waals surface area contributed by atoms with Crippen molar-refractivity contribution in [3.05, 3.63) is 12.2 Å². The summed E-state index contributed by atoms with van der Waals surface area (Å²) in [5.41, 5.74) is 7.00. The molecule has 12 bridgehead atoms. The normalized spacial score (nSPS) is 55.2. The van der Waals surface area contributed by atoms with E-state index < -0.39 is 18.0 Å². The van der Waals surface area contributed by atoms with Crippen LogP contribution in [0.3, 0.4) is 0 Å². The molecular weight excluding hydrogens is 670 g/mol. The number of aliphatic hydroxyl groups is 2. The standard InChI is InChI=1S/C40H63NO11/c1-19-11-24-5-7-28-20(2)12-26(45-28)9-10-40-17-33-36(51-40)37-38(50-33)39(52-40)35-29(49-37)8-6-25(47-35)13-22(42)14-27-31(16-30(46-24)21(19)3)48-32(34(27)44-4)15-23(43)18-41/h19,21-39,42-43H,2,5-18,41H2,1,3-4H3/t19?,21?,22?,23?,24?,25?,26?,27?,28?,29?,30?,31?,32?,33-,34?,35?,36?,37?,38?,39?,40?/m1/s1. The minimum absolute atomic E-state index is 0.00688. The quantitative estimate of drug-likeness (QED) is 0.364. The van der Waals surface area contributed by atoms with Crippen LogP contribution in [0, 0.1) is 17.8 Å². The highest BCUT2D eigenvalue weighted by molar-refractivity contribution is 5.14. The van der Waals surface area contributed by atoms with E-state index in [0.717, 1.165) is 56.9 Å². The van der Waals surface area contributed by atoms with Gasteiger partial charge in [0.05, 0.1) is 73.2 Å².